The lowest BCUT2D eigenvalue weighted by Crippen LogP contribution is -2.02. The molecule has 2 rings (SSSR count). The molecule has 80 valence electrons. The zero-order chi connectivity index (χ0) is 11.5. The number of aromatic nitrogens is 1. The number of hydrogen-bond donors (Lipinski definition) is 1. The van der Waals surface area contributed by atoms with Crippen molar-refractivity contribution in [1.29, 1.82) is 0 Å². The van der Waals surface area contributed by atoms with Crippen LogP contribution in [0.3, 0.4) is 0 Å². The number of halogens is 1. The molecule has 2 N–H and O–H groups in total. The lowest BCUT2D eigenvalue weighted by atomic mass is 10.0. The Morgan fingerprint density at radius 3 is 2.44 bits per heavy atom. The van der Waals surface area contributed by atoms with Gasteiger partial charge in [-0.2, -0.15) is 0 Å². The van der Waals surface area contributed by atoms with Gasteiger partial charge in [0.1, 0.15) is 0 Å². The van der Waals surface area contributed by atoms with Gasteiger partial charge in [0.15, 0.2) is 5.78 Å². The number of nitrogens with zero attached hydrogens (tertiary/aromatic N) is 1. The van der Waals surface area contributed by atoms with Crippen LogP contribution >= 0.6 is 15.9 Å². The van der Waals surface area contributed by atoms with Crippen LogP contribution in [0, 0.1) is 0 Å². The van der Waals surface area contributed by atoms with E-state index in [-0.39, 0.29) is 5.78 Å². The lowest BCUT2D eigenvalue weighted by Gasteiger charge is -2.03. The number of anilines is 1. The molecular weight excluding hydrogens is 268 g/mol. The minimum Gasteiger partial charge on any atom is -0.399 e. The Labute approximate surface area is 101 Å². The molecule has 0 bridgehead atoms. The van der Waals surface area contributed by atoms with Gasteiger partial charge in [-0.05, 0) is 30.3 Å². The van der Waals surface area contributed by atoms with Crippen LogP contribution in [0.5, 0.6) is 0 Å². The second-order valence-electron chi connectivity index (χ2n) is 3.34. The van der Waals surface area contributed by atoms with Gasteiger partial charge in [-0.15, -0.1) is 0 Å². The van der Waals surface area contributed by atoms with Gasteiger partial charge in [-0.1, -0.05) is 15.9 Å². The minimum atomic E-state index is -0.0598. The molecule has 0 spiro atoms. The Hall–Kier alpha value is -1.68. The zero-order valence-corrected chi connectivity index (χ0v) is 9.94. The SMILES string of the molecule is Nc1cc(Br)cc(C(=O)c2ccncc2)c1. The van der Waals surface area contributed by atoms with Crippen molar-refractivity contribution in [2.24, 2.45) is 0 Å². The molecule has 4 heteroatoms. The summed E-state index contributed by atoms with van der Waals surface area (Å²) in [7, 11) is 0. The maximum Gasteiger partial charge on any atom is 0.193 e. The van der Waals surface area contributed by atoms with Crippen LogP contribution in [0.15, 0.2) is 47.2 Å². The molecule has 0 aliphatic heterocycles. The molecule has 0 amide bonds. The fourth-order valence-corrected chi connectivity index (χ4v) is 1.92. The molecule has 0 saturated carbocycles. The Balaban J connectivity index is 2.42. The Morgan fingerprint density at radius 1 is 1.12 bits per heavy atom. The number of rotatable bonds is 2. The highest BCUT2D eigenvalue weighted by atomic mass is 79.9. The van der Waals surface area contributed by atoms with Gasteiger partial charge in [-0.3, -0.25) is 9.78 Å². The molecule has 2 aromatic rings. The third kappa shape index (κ3) is 2.28. The van der Waals surface area contributed by atoms with E-state index in [4.69, 9.17) is 5.73 Å². The molecule has 0 fully saturated rings. The Bertz CT molecular complexity index is 506. The Morgan fingerprint density at radius 2 is 1.81 bits per heavy atom. The highest BCUT2D eigenvalue weighted by Crippen LogP contribution is 2.19. The predicted octanol–water partition coefficient (Wildman–Crippen LogP) is 2.66. The van der Waals surface area contributed by atoms with Crippen LogP contribution in [0.4, 0.5) is 5.69 Å². The average Bonchev–Trinajstić information content (AvgIpc) is 2.28. The highest BCUT2D eigenvalue weighted by molar-refractivity contribution is 9.10. The molecule has 1 aromatic carbocycles. The first-order valence-corrected chi connectivity index (χ1v) is 5.47. The Kier molecular flexibility index (Phi) is 3.01. The number of ketones is 1. The van der Waals surface area contributed by atoms with Crippen molar-refractivity contribution in [3.63, 3.8) is 0 Å². The van der Waals surface area contributed by atoms with Crippen molar-refractivity contribution < 1.29 is 4.79 Å². The summed E-state index contributed by atoms with van der Waals surface area (Å²) in [5, 5.41) is 0. The van der Waals surface area contributed by atoms with E-state index in [1.807, 2.05) is 0 Å². The van der Waals surface area contributed by atoms with Crippen molar-refractivity contribution >= 4 is 27.4 Å². The molecule has 0 unspecified atom stereocenters. The van der Waals surface area contributed by atoms with Gasteiger partial charge in [-0.25, -0.2) is 0 Å². The third-order valence-corrected chi connectivity index (χ3v) is 2.58. The summed E-state index contributed by atoms with van der Waals surface area (Å²) in [6.07, 6.45) is 3.18. The molecule has 1 heterocycles. The van der Waals surface area contributed by atoms with Crippen LogP contribution in [0.2, 0.25) is 0 Å². The first kappa shape index (κ1) is 10.8. The van der Waals surface area contributed by atoms with E-state index in [1.165, 1.54) is 0 Å². The van der Waals surface area contributed by atoms with E-state index in [1.54, 1.807) is 42.7 Å². The summed E-state index contributed by atoms with van der Waals surface area (Å²) in [6.45, 7) is 0. The van der Waals surface area contributed by atoms with Gasteiger partial charge >= 0.3 is 0 Å². The molecule has 0 saturated heterocycles. The summed E-state index contributed by atoms with van der Waals surface area (Å²) in [5.41, 5.74) is 7.41. The topological polar surface area (TPSA) is 56.0 Å². The molecule has 0 radical (unpaired) electrons. The van der Waals surface area contributed by atoms with Crippen LogP contribution in [0.1, 0.15) is 15.9 Å². The molecule has 0 aliphatic carbocycles. The van der Waals surface area contributed by atoms with Gasteiger partial charge in [0.05, 0.1) is 0 Å². The van der Waals surface area contributed by atoms with Crippen molar-refractivity contribution in [2.75, 3.05) is 5.73 Å². The molecule has 3 nitrogen and oxygen atoms in total. The normalized spacial score (nSPS) is 10.1. The smallest absolute Gasteiger partial charge is 0.193 e. The van der Waals surface area contributed by atoms with E-state index in [9.17, 15) is 4.79 Å². The number of nitrogen functional groups attached to an aromatic ring is 1. The largest absolute Gasteiger partial charge is 0.399 e. The number of benzene rings is 1. The van der Waals surface area contributed by atoms with Crippen LogP contribution in [-0.2, 0) is 0 Å². The van der Waals surface area contributed by atoms with Crippen LogP contribution < -0.4 is 5.73 Å². The van der Waals surface area contributed by atoms with E-state index in [0.29, 0.717) is 16.8 Å². The minimum absolute atomic E-state index is 0.0598. The second kappa shape index (κ2) is 4.45. The van der Waals surface area contributed by atoms with Crippen molar-refractivity contribution in [1.82, 2.24) is 4.98 Å². The highest BCUT2D eigenvalue weighted by Gasteiger charge is 2.09. The number of pyridine rings is 1. The maximum atomic E-state index is 12.0. The third-order valence-electron chi connectivity index (χ3n) is 2.12. The van der Waals surface area contributed by atoms with E-state index < -0.39 is 0 Å². The molecule has 0 aliphatic rings. The average molecular weight is 277 g/mol. The summed E-state index contributed by atoms with van der Waals surface area (Å²) >= 11 is 3.31. The summed E-state index contributed by atoms with van der Waals surface area (Å²) in [5.74, 6) is -0.0598. The number of hydrogen-bond acceptors (Lipinski definition) is 3. The van der Waals surface area contributed by atoms with Crippen LogP contribution in [-0.4, -0.2) is 10.8 Å². The molecule has 1 aromatic heterocycles. The summed E-state index contributed by atoms with van der Waals surface area (Å²) in [6, 6.07) is 8.52. The number of carbonyl (C=O) groups is 1. The summed E-state index contributed by atoms with van der Waals surface area (Å²) < 4.78 is 0.796. The van der Waals surface area contributed by atoms with Crippen molar-refractivity contribution in [3.8, 4) is 0 Å². The van der Waals surface area contributed by atoms with Gasteiger partial charge in [0, 0.05) is 33.7 Å². The summed E-state index contributed by atoms with van der Waals surface area (Å²) in [4.78, 5) is 15.9. The molecular formula is C12H9BrN2O. The first-order valence-electron chi connectivity index (χ1n) is 4.67. The monoisotopic (exact) mass is 276 g/mol. The zero-order valence-electron chi connectivity index (χ0n) is 8.35. The fourth-order valence-electron chi connectivity index (χ4n) is 1.41. The van der Waals surface area contributed by atoms with Gasteiger partial charge in [0.2, 0.25) is 0 Å². The fraction of sp³-hybridized carbons (Fsp3) is 0. The predicted molar refractivity (Wildman–Crippen MR) is 66.2 cm³/mol. The van der Waals surface area contributed by atoms with Crippen molar-refractivity contribution in [3.05, 3.63) is 58.3 Å². The number of carbonyl (C=O) groups excluding carboxylic acids is 1. The first-order chi connectivity index (χ1) is 7.66. The second-order valence-corrected chi connectivity index (χ2v) is 4.25. The van der Waals surface area contributed by atoms with Gasteiger partial charge in [0.25, 0.3) is 0 Å². The lowest BCUT2D eigenvalue weighted by molar-refractivity contribution is 0.103. The van der Waals surface area contributed by atoms with E-state index >= 15 is 0 Å². The molecule has 0 atom stereocenters. The van der Waals surface area contributed by atoms with E-state index in [0.717, 1.165) is 4.47 Å². The van der Waals surface area contributed by atoms with E-state index in [2.05, 4.69) is 20.9 Å². The number of nitrogens with two attached hydrogens (primary N) is 1. The van der Waals surface area contributed by atoms with Crippen LogP contribution in [0.25, 0.3) is 0 Å². The standard InChI is InChI=1S/C12H9BrN2O/c13-10-5-9(6-11(14)7-10)12(16)8-1-3-15-4-2-8/h1-7H,14H2. The quantitative estimate of drug-likeness (QED) is 0.678. The maximum absolute atomic E-state index is 12.0. The van der Waals surface area contributed by atoms with Gasteiger partial charge < -0.3 is 5.73 Å². The molecule has 16 heavy (non-hydrogen) atoms. The van der Waals surface area contributed by atoms with Crippen molar-refractivity contribution in [2.45, 2.75) is 0 Å².